The minimum atomic E-state index is 0.340. The molecule has 0 spiro atoms. The van der Waals surface area contributed by atoms with E-state index in [1.165, 1.54) is 17.1 Å². The molecule has 0 aliphatic carbocycles. The Kier molecular flexibility index (Phi) is 3.60. The lowest BCUT2D eigenvalue weighted by molar-refractivity contribution is 0.302. The van der Waals surface area contributed by atoms with Gasteiger partial charge in [0, 0.05) is 11.5 Å². The summed E-state index contributed by atoms with van der Waals surface area (Å²) in [5, 5.41) is 4.52. The Labute approximate surface area is 121 Å². The van der Waals surface area contributed by atoms with Gasteiger partial charge in [0.25, 0.3) is 0 Å². The molecule has 0 aliphatic heterocycles. The summed E-state index contributed by atoms with van der Waals surface area (Å²) in [6, 6.07) is 18.2. The molecule has 1 aromatic heterocycles. The zero-order valence-electron chi connectivity index (χ0n) is 10.7. The molecule has 0 atom stereocenters. The quantitative estimate of drug-likeness (QED) is 0.797. The number of nitrogens with zero attached hydrogens (tertiary/aromatic N) is 2. The molecule has 100 valence electrons. The Morgan fingerprint density at radius 1 is 0.950 bits per heavy atom. The molecule has 5 heteroatoms. The molecule has 0 fully saturated rings. The van der Waals surface area contributed by atoms with Gasteiger partial charge < -0.3 is 10.5 Å². The van der Waals surface area contributed by atoms with Crippen LogP contribution in [-0.2, 0) is 6.61 Å². The maximum absolute atomic E-state index is 5.72. The van der Waals surface area contributed by atoms with Gasteiger partial charge in [-0.25, -0.2) is 0 Å². The summed E-state index contributed by atoms with van der Waals surface area (Å²) in [6.45, 7) is 0.340. The van der Waals surface area contributed by atoms with Gasteiger partial charge in [-0.1, -0.05) is 47.0 Å². The molecular formula is C15H13N3OS. The van der Waals surface area contributed by atoms with Crippen molar-refractivity contribution < 1.29 is 4.74 Å². The Morgan fingerprint density at radius 3 is 2.30 bits per heavy atom. The van der Waals surface area contributed by atoms with Crippen molar-refractivity contribution in [3.8, 4) is 16.9 Å². The van der Waals surface area contributed by atoms with Crippen LogP contribution >= 0.6 is 11.5 Å². The zero-order chi connectivity index (χ0) is 13.8. The molecule has 2 N–H and O–H groups in total. The molecule has 0 bridgehead atoms. The lowest BCUT2D eigenvalue weighted by Crippen LogP contribution is -1.99. The molecule has 0 saturated heterocycles. The second kappa shape index (κ2) is 5.71. The number of aromatic nitrogens is 2. The average molecular weight is 283 g/mol. The summed E-state index contributed by atoms with van der Waals surface area (Å²) in [4.78, 5) is 0. The number of hydrogen-bond acceptors (Lipinski definition) is 5. The smallest absolute Gasteiger partial charge is 0.136 e. The number of hydrogen-bond donors (Lipinski definition) is 1. The highest BCUT2D eigenvalue weighted by Gasteiger charge is 2.05. The number of nitrogen functional groups attached to an aromatic ring is 1. The van der Waals surface area contributed by atoms with E-state index in [1.54, 1.807) is 0 Å². The van der Waals surface area contributed by atoms with E-state index in [1.807, 2.05) is 42.5 Å². The molecular weight excluding hydrogens is 270 g/mol. The molecule has 4 nitrogen and oxygen atoms in total. The molecule has 2 aromatic carbocycles. The van der Waals surface area contributed by atoms with Crippen LogP contribution in [0.3, 0.4) is 0 Å². The Bertz CT molecular complexity index is 680. The van der Waals surface area contributed by atoms with Crippen LogP contribution in [0.2, 0.25) is 0 Å². The summed E-state index contributed by atoms with van der Waals surface area (Å²) in [6.07, 6.45) is 0. The zero-order valence-corrected chi connectivity index (χ0v) is 11.5. The van der Waals surface area contributed by atoms with E-state index >= 15 is 0 Å². The minimum absolute atomic E-state index is 0.340. The number of ether oxygens (including phenoxy) is 1. The lowest BCUT2D eigenvalue weighted by Gasteiger charge is -2.06. The Morgan fingerprint density at radius 2 is 1.65 bits per heavy atom. The predicted octanol–water partition coefficient (Wildman–Crippen LogP) is 3.37. The average Bonchev–Trinajstić information content (AvgIpc) is 2.92. The van der Waals surface area contributed by atoms with Crippen LogP contribution < -0.4 is 10.5 Å². The van der Waals surface area contributed by atoms with E-state index in [2.05, 4.69) is 21.7 Å². The largest absolute Gasteiger partial charge is 0.487 e. The SMILES string of the molecule is Nc1snnc1COc1ccc(-c2ccccc2)cc1. The number of nitrogens with two attached hydrogens (primary N) is 1. The van der Waals surface area contributed by atoms with Crippen molar-refractivity contribution in [2.24, 2.45) is 0 Å². The fraction of sp³-hybridized carbons (Fsp3) is 0.0667. The third kappa shape index (κ3) is 2.78. The van der Waals surface area contributed by atoms with Crippen molar-refractivity contribution in [1.29, 1.82) is 0 Å². The normalized spacial score (nSPS) is 10.4. The van der Waals surface area contributed by atoms with Gasteiger partial charge in [0.1, 0.15) is 23.1 Å². The molecule has 0 aliphatic rings. The van der Waals surface area contributed by atoms with Gasteiger partial charge in [-0.05, 0) is 23.3 Å². The van der Waals surface area contributed by atoms with Gasteiger partial charge in [-0.15, -0.1) is 5.10 Å². The van der Waals surface area contributed by atoms with Crippen molar-refractivity contribution in [3.63, 3.8) is 0 Å². The topological polar surface area (TPSA) is 61.0 Å². The highest BCUT2D eigenvalue weighted by Crippen LogP contribution is 2.23. The molecule has 0 unspecified atom stereocenters. The van der Waals surface area contributed by atoms with Crippen molar-refractivity contribution in [2.45, 2.75) is 6.61 Å². The van der Waals surface area contributed by atoms with Crippen molar-refractivity contribution in [1.82, 2.24) is 9.59 Å². The Hall–Kier alpha value is -2.40. The van der Waals surface area contributed by atoms with E-state index in [0.29, 0.717) is 17.3 Å². The number of anilines is 1. The van der Waals surface area contributed by atoms with Crippen LogP contribution in [0.1, 0.15) is 5.69 Å². The fourth-order valence-electron chi connectivity index (χ4n) is 1.84. The van der Waals surface area contributed by atoms with Crippen molar-refractivity contribution in [3.05, 3.63) is 60.3 Å². The molecule has 0 amide bonds. The fourth-order valence-corrected chi connectivity index (χ4v) is 2.27. The molecule has 1 heterocycles. The predicted molar refractivity (Wildman–Crippen MR) is 80.5 cm³/mol. The summed E-state index contributed by atoms with van der Waals surface area (Å²) >= 11 is 1.18. The van der Waals surface area contributed by atoms with E-state index in [-0.39, 0.29) is 0 Å². The maximum Gasteiger partial charge on any atom is 0.136 e. The molecule has 0 saturated carbocycles. The van der Waals surface area contributed by atoms with Gasteiger partial charge in [0.15, 0.2) is 0 Å². The van der Waals surface area contributed by atoms with Gasteiger partial charge >= 0.3 is 0 Å². The van der Waals surface area contributed by atoms with Crippen LogP contribution in [0.25, 0.3) is 11.1 Å². The summed E-state index contributed by atoms with van der Waals surface area (Å²) in [7, 11) is 0. The second-order valence-corrected chi connectivity index (χ2v) is 5.05. The number of benzene rings is 2. The van der Waals surface area contributed by atoms with Crippen LogP contribution in [0.5, 0.6) is 5.75 Å². The first-order valence-electron chi connectivity index (χ1n) is 6.18. The third-order valence-corrected chi connectivity index (χ3v) is 3.52. The van der Waals surface area contributed by atoms with E-state index in [4.69, 9.17) is 10.5 Å². The minimum Gasteiger partial charge on any atom is -0.487 e. The van der Waals surface area contributed by atoms with Crippen molar-refractivity contribution >= 4 is 16.5 Å². The lowest BCUT2D eigenvalue weighted by atomic mass is 10.1. The molecule has 20 heavy (non-hydrogen) atoms. The van der Waals surface area contributed by atoms with E-state index in [9.17, 15) is 0 Å². The van der Waals surface area contributed by atoms with Gasteiger partial charge in [0.05, 0.1) is 0 Å². The van der Waals surface area contributed by atoms with Gasteiger partial charge in [-0.3, -0.25) is 0 Å². The molecule has 0 radical (unpaired) electrons. The summed E-state index contributed by atoms with van der Waals surface area (Å²) in [5.74, 6) is 0.789. The molecule has 3 aromatic rings. The van der Waals surface area contributed by atoms with Crippen molar-refractivity contribution in [2.75, 3.05) is 5.73 Å². The second-order valence-electron chi connectivity index (χ2n) is 4.26. The van der Waals surface area contributed by atoms with Crippen LogP contribution in [0.4, 0.5) is 5.00 Å². The third-order valence-electron chi connectivity index (χ3n) is 2.92. The van der Waals surface area contributed by atoms with Crippen LogP contribution in [-0.4, -0.2) is 9.59 Å². The Balaban J connectivity index is 1.69. The summed E-state index contributed by atoms with van der Waals surface area (Å²) in [5.41, 5.74) is 8.75. The first-order chi connectivity index (χ1) is 9.83. The monoisotopic (exact) mass is 283 g/mol. The summed E-state index contributed by atoms with van der Waals surface area (Å²) < 4.78 is 9.42. The highest BCUT2D eigenvalue weighted by atomic mass is 32.1. The standard InChI is InChI=1S/C15H13N3OS/c16-15-14(17-18-20-15)10-19-13-8-6-12(7-9-13)11-4-2-1-3-5-11/h1-9H,10,16H2. The first-order valence-corrected chi connectivity index (χ1v) is 6.95. The highest BCUT2D eigenvalue weighted by molar-refractivity contribution is 7.09. The van der Waals surface area contributed by atoms with Gasteiger partial charge in [-0.2, -0.15) is 0 Å². The van der Waals surface area contributed by atoms with Crippen LogP contribution in [0, 0.1) is 0 Å². The first kappa shape index (κ1) is 12.6. The van der Waals surface area contributed by atoms with E-state index < -0.39 is 0 Å². The van der Waals surface area contributed by atoms with Gasteiger partial charge in [0.2, 0.25) is 0 Å². The molecule has 3 rings (SSSR count). The maximum atomic E-state index is 5.72. The van der Waals surface area contributed by atoms with Crippen LogP contribution in [0.15, 0.2) is 54.6 Å². The number of rotatable bonds is 4. The van der Waals surface area contributed by atoms with E-state index in [0.717, 1.165) is 11.3 Å².